The van der Waals surface area contributed by atoms with E-state index < -0.39 is 22.3 Å². The molecule has 0 radical (unpaired) electrons. The van der Waals surface area contributed by atoms with Gasteiger partial charge in [0.15, 0.2) is 0 Å². The first-order valence-electron chi connectivity index (χ1n) is 7.37. The molecule has 0 atom stereocenters. The maximum atomic E-state index is 13.3. The van der Waals surface area contributed by atoms with Gasteiger partial charge in [-0.05, 0) is 18.2 Å². The number of nitro benzene ring substituents is 1. The number of amides is 1. The fourth-order valence-electron chi connectivity index (χ4n) is 2.25. The molecule has 0 fully saturated rings. The summed E-state index contributed by atoms with van der Waals surface area (Å²) >= 11 is 7.49. The number of nitrogens with zero attached hydrogens (tertiary/aromatic N) is 2. The lowest BCUT2D eigenvalue weighted by Gasteiger charge is -2.04. The summed E-state index contributed by atoms with van der Waals surface area (Å²) < 4.78 is 13.3. The largest absolute Gasteiger partial charge is 0.325 e. The Morgan fingerprint density at radius 1 is 1.31 bits per heavy atom. The number of anilines is 1. The summed E-state index contributed by atoms with van der Waals surface area (Å²) in [6, 6.07) is 10.4. The molecule has 26 heavy (non-hydrogen) atoms. The van der Waals surface area contributed by atoms with Gasteiger partial charge in [-0.3, -0.25) is 14.9 Å². The molecule has 0 spiro atoms. The Balaban J connectivity index is 1.71. The van der Waals surface area contributed by atoms with Gasteiger partial charge in [-0.1, -0.05) is 29.8 Å². The van der Waals surface area contributed by atoms with Gasteiger partial charge in [0.1, 0.15) is 5.01 Å². The molecule has 0 saturated heterocycles. The zero-order valence-electron chi connectivity index (χ0n) is 13.1. The third-order valence-electron chi connectivity index (χ3n) is 3.42. The highest BCUT2D eigenvalue weighted by Gasteiger charge is 2.16. The summed E-state index contributed by atoms with van der Waals surface area (Å²) in [4.78, 5) is 26.4. The van der Waals surface area contributed by atoms with Gasteiger partial charge in [0.05, 0.1) is 22.1 Å². The molecule has 1 amide bonds. The van der Waals surface area contributed by atoms with E-state index in [0.717, 1.165) is 17.7 Å². The van der Waals surface area contributed by atoms with Crippen LogP contribution >= 0.6 is 22.9 Å². The molecule has 1 N–H and O–H groups in total. The van der Waals surface area contributed by atoms with Crippen molar-refractivity contribution in [2.75, 3.05) is 5.32 Å². The van der Waals surface area contributed by atoms with E-state index in [2.05, 4.69) is 10.3 Å². The van der Waals surface area contributed by atoms with Gasteiger partial charge < -0.3 is 5.32 Å². The molecule has 3 aromatic rings. The predicted molar refractivity (Wildman–Crippen MR) is 97.9 cm³/mol. The lowest BCUT2D eigenvalue weighted by molar-refractivity contribution is -0.387. The van der Waals surface area contributed by atoms with E-state index in [-0.39, 0.29) is 12.1 Å². The molecule has 0 saturated carbocycles. The van der Waals surface area contributed by atoms with E-state index in [9.17, 15) is 19.3 Å². The zero-order chi connectivity index (χ0) is 18.7. The smallest absolute Gasteiger partial charge is 0.306 e. The average molecular weight is 392 g/mol. The van der Waals surface area contributed by atoms with Crippen molar-refractivity contribution in [1.29, 1.82) is 0 Å². The number of nitro groups is 1. The van der Waals surface area contributed by atoms with Crippen LogP contribution in [0, 0.1) is 15.9 Å². The number of hydrogen-bond donors (Lipinski definition) is 1. The molecule has 0 aliphatic heterocycles. The second-order valence-corrected chi connectivity index (χ2v) is 6.54. The minimum absolute atomic E-state index is 0.0217. The van der Waals surface area contributed by atoms with Crippen LogP contribution in [0.1, 0.15) is 5.69 Å². The lowest BCUT2D eigenvalue weighted by atomic mass is 10.2. The molecule has 6 nitrogen and oxygen atoms in total. The molecule has 0 aliphatic carbocycles. The molecule has 132 valence electrons. The fraction of sp³-hybridized carbons (Fsp3) is 0.0588. The van der Waals surface area contributed by atoms with Crippen molar-refractivity contribution in [2.45, 2.75) is 6.42 Å². The molecule has 0 aliphatic rings. The van der Waals surface area contributed by atoms with Crippen molar-refractivity contribution in [3.8, 4) is 10.6 Å². The Bertz CT molecular complexity index is 993. The number of rotatable bonds is 5. The number of aromatic nitrogens is 1. The van der Waals surface area contributed by atoms with Crippen LogP contribution < -0.4 is 5.32 Å². The predicted octanol–water partition coefficient (Wildman–Crippen LogP) is 4.69. The summed E-state index contributed by atoms with van der Waals surface area (Å²) in [7, 11) is 0. The van der Waals surface area contributed by atoms with E-state index in [1.165, 1.54) is 17.4 Å². The second kappa shape index (κ2) is 7.59. The van der Waals surface area contributed by atoms with Gasteiger partial charge in [-0.25, -0.2) is 4.98 Å². The Labute approximate surface area is 156 Å². The van der Waals surface area contributed by atoms with Crippen LogP contribution in [0.25, 0.3) is 10.6 Å². The van der Waals surface area contributed by atoms with Crippen molar-refractivity contribution in [1.82, 2.24) is 4.98 Å². The molecule has 9 heteroatoms. The third-order valence-corrected chi connectivity index (χ3v) is 4.68. The molecule has 1 aromatic heterocycles. The van der Waals surface area contributed by atoms with Crippen LogP contribution in [0.3, 0.4) is 0 Å². The van der Waals surface area contributed by atoms with Crippen LogP contribution in [-0.4, -0.2) is 15.8 Å². The molecular formula is C17H11ClFN3O3S. The summed E-state index contributed by atoms with van der Waals surface area (Å²) in [5, 5.41) is 16.2. The van der Waals surface area contributed by atoms with E-state index in [4.69, 9.17) is 11.6 Å². The van der Waals surface area contributed by atoms with Crippen molar-refractivity contribution in [3.63, 3.8) is 0 Å². The second-order valence-electron chi connectivity index (χ2n) is 5.27. The Kier molecular flexibility index (Phi) is 5.24. The lowest BCUT2D eigenvalue weighted by Crippen LogP contribution is -2.14. The summed E-state index contributed by atoms with van der Waals surface area (Å²) in [6.45, 7) is 0. The number of halogens is 2. The van der Waals surface area contributed by atoms with Crippen LogP contribution in [0.2, 0.25) is 5.02 Å². The summed E-state index contributed by atoms with van der Waals surface area (Å²) in [5.74, 6) is -1.38. The molecule has 3 rings (SSSR count). The monoisotopic (exact) mass is 391 g/mol. The highest BCUT2D eigenvalue weighted by molar-refractivity contribution is 7.13. The maximum Gasteiger partial charge on any atom is 0.306 e. The van der Waals surface area contributed by atoms with E-state index in [0.29, 0.717) is 15.7 Å². The summed E-state index contributed by atoms with van der Waals surface area (Å²) in [5.41, 5.74) is 0.765. The first-order valence-corrected chi connectivity index (χ1v) is 8.63. The van der Waals surface area contributed by atoms with Gasteiger partial charge in [0.25, 0.3) is 0 Å². The van der Waals surface area contributed by atoms with Gasteiger partial charge in [0.2, 0.25) is 11.7 Å². The molecule has 2 aromatic carbocycles. The first-order chi connectivity index (χ1) is 12.4. The highest BCUT2D eigenvalue weighted by Crippen LogP contribution is 2.30. The zero-order valence-corrected chi connectivity index (χ0v) is 14.7. The van der Waals surface area contributed by atoms with Crippen LogP contribution in [-0.2, 0) is 11.2 Å². The van der Waals surface area contributed by atoms with Crippen LogP contribution in [0.4, 0.5) is 15.8 Å². The molecule has 0 bridgehead atoms. The van der Waals surface area contributed by atoms with Crippen LogP contribution in [0.5, 0.6) is 0 Å². The Morgan fingerprint density at radius 2 is 2.08 bits per heavy atom. The van der Waals surface area contributed by atoms with Gasteiger partial charge in [-0.2, -0.15) is 4.39 Å². The number of benzene rings is 2. The SMILES string of the molecule is O=C(Cc1csc(-c2ccccc2Cl)n1)Nc1ccc(F)c([N+](=O)[O-])c1. The summed E-state index contributed by atoms with van der Waals surface area (Å²) in [6.07, 6.45) is -0.0217. The molecule has 0 unspecified atom stereocenters. The first kappa shape index (κ1) is 18.0. The minimum atomic E-state index is -0.961. The van der Waals surface area contributed by atoms with Crippen molar-refractivity contribution < 1.29 is 14.1 Å². The number of thiazole rings is 1. The number of hydrogen-bond acceptors (Lipinski definition) is 5. The number of carbonyl (C=O) groups is 1. The van der Waals surface area contributed by atoms with Gasteiger partial charge >= 0.3 is 5.69 Å². The van der Waals surface area contributed by atoms with E-state index in [1.54, 1.807) is 11.4 Å². The average Bonchev–Trinajstić information content (AvgIpc) is 3.04. The van der Waals surface area contributed by atoms with Crippen molar-refractivity contribution >= 4 is 40.2 Å². The Hall–Kier alpha value is -2.84. The number of carbonyl (C=O) groups excluding carboxylic acids is 1. The maximum absolute atomic E-state index is 13.3. The molecule has 1 heterocycles. The van der Waals surface area contributed by atoms with Gasteiger partial charge in [-0.15, -0.1) is 11.3 Å². The third kappa shape index (κ3) is 4.04. The fourth-order valence-corrected chi connectivity index (χ4v) is 3.39. The number of nitrogens with one attached hydrogen (secondary N) is 1. The standard InChI is InChI=1S/C17H11ClFN3O3S/c18-13-4-2-1-3-12(13)17-21-11(9-26-17)8-16(23)20-10-5-6-14(19)15(7-10)22(24)25/h1-7,9H,8H2,(H,20,23). The van der Waals surface area contributed by atoms with E-state index >= 15 is 0 Å². The molecular weight excluding hydrogens is 381 g/mol. The quantitative estimate of drug-likeness (QED) is 0.505. The van der Waals surface area contributed by atoms with Crippen LogP contribution in [0.15, 0.2) is 47.8 Å². The van der Waals surface area contributed by atoms with Crippen molar-refractivity contribution in [3.05, 3.63) is 74.5 Å². The minimum Gasteiger partial charge on any atom is -0.325 e. The highest BCUT2D eigenvalue weighted by atomic mass is 35.5. The van der Waals surface area contributed by atoms with Gasteiger partial charge in [0, 0.05) is 22.7 Å². The Morgan fingerprint density at radius 3 is 2.81 bits per heavy atom. The van der Waals surface area contributed by atoms with Crippen molar-refractivity contribution in [2.24, 2.45) is 0 Å². The topological polar surface area (TPSA) is 85.1 Å². The normalized spacial score (nSPS) is 10.5. The van der Waals surface area contributed by atoms with E-state index in [1.807, 2.05) is 18.2 Å².